The first kappa shape index (κ1) is 14.3. The van der Waals surface area contributed by atoms with E-state index in [4.69, 9.17) is 9.47 Å². The number of nitrogens with one attached hydrogen (secondary N) is 2. The Morgan fingerprint density at radius 2 is 2.35 bits per heavy atom. The molecule has 0 spiro atoms. The lowest BCUT2D eigenvalue weighted by molar-refractivity contribution is 0.0903. The van der Waals surface area contributed by atoms with Crippen LogP contribution in [0.5, 0.6) is 5.75 Å². The molecular weight excluding hydrogens is 296 g/mol. The summed E-state index contributed by atoms with van der Waals surface area (Å²) in [4.78, 5) is 15.8. The Labute approximate surface area is 134 Å². The standard InChI is InChI=1S/C16H20N4O3/c1-20-7-11(6-18-20)23-14-9-22-8-13(14)19-16(21)12-4-5-17-15(12)10-2-3-10/h4-7,10,13-14,17H,2-3,8-9H2,1H3,(H,19,21)/t13-,14+/m0/s1. The van der Waals surface area contributed by atoms with E-state index in [0.29, 0.717) is 24.9 Å². The van der Waals surface area contributed by atoms with E-state index in [1.807, 2.05) is 19.3 Å². The van der Waals surface area contributed by atoms with Crippen molar-refractivity contribution in [2.75, 3.05) is 13.2 Å². The molecule has 1 aliphatic carbocycles. The number of aromatic nitrogens is 3. The molecule has 7 nitrogen and oxygen atoms in total. The van der Waals surface area contributed by atoms with Gasteiger partial charge in [-0.2, -0.15) is 5.10 Å². The molecule has 1 saturated heterocycles. The van der Waals surface area contributed by atoms with Gasteiger partial charge < -0.3 is 19.8 Å². The van der Waals surface area contributed by atoms with Crippen LogP contribution in [-0.4, -0.2) is 46.0 Å². The van der Waals surface area contributed by atoms with E-state index in [2.05, 4.69) is 15.4 Å². The van der Waals surface area contributed by atoms with Crippen LogP contribution in [0.25, 0.3) is 0 Å². The van der Waals surface area contributed by atoms with Crippen LogP contribution in [0.15, 0.2) is 24.7 Å². The molecule has 122 valence electrons. The number of nitrogens with zero attached hydrogens (tertiary/aromatic N) is 2. The number of aromatic amines is 1. The van der Waals surface area contributed by atoms with Crippen molar-refractivity contribution in [2.45, 2.75) is 30.9 Å². The molecule has 4 rings (SSSR count). The van der Waals surface area contributed by atoms with Crippen molar-refractivity contribution >= 4 is 5.91 Å². The number of hydrogen-bond donors (Lipinski definition) is 2. The third-order valence-electron chi connectivity index (χ3n) is 4.32. The van der Waals surface area contributed by atoms with Crippen LogP contribution in [0.3, 0.4) is 0 Å². The minimum atomic E-state index is -0.202. The third-order valence-corrected chi connectivity index (χ3v) is 4.32. The Hall–Kier alpha value is -2.28. The van der Waals surface area contributed by atoms with Gasteiger partial charge in [-0.05, 0) is 24.8 Å². The first-order chi connectivity index (χ1) is 11.2. The maximum atomic E-state index is 12.6. The van der Waals surface area contributed by atoms with Crippen LogP contribution in [0, 0.1) is 0 Å². The highest BCUT2D eigenvalue weighted by molar-refractivity contribution is 5.96. The lowest BCUT2D eigenvalue weighted by Gasteiger charge is -2.19. The smallest absolute Gasteiger partial charge is 0.253 e. The summed E-state index contributed by atoms with van der Waals surface area (Å²) >= 11 is 0. The molecule has 2 fully saturated rings. The zero-order valence-electron chi connectivity index (χ0n) is 13.0. The van der Waals surface area contributed by atoms with Crippen LogP contribution in [0.2, 0.25) is 0 Å². The summed E-state index contributed by atoms with van der Waals surface area (Å²) in [6.45, 7) is 0.919. The monoisotopic (exact) mass is 316 g/mol. The van der Waals surface area contributed by atoms with E-state index in [9.17, 15) is 4.79 Å². The van der Waals surface area contributed by atoms with Gasteiger partial charge in [0.15, 0.2) is 5.75 Å². The average molecular weight is 316 g/mol. The minimum absolute atomic E-state index is 0.0663. The normalized spacial score (nSPS) is 23.9. The molecular formula is C16H20N4O3. The van der Waals surface area contributed by atoms with Crippen LogP contribution in [0.1, 0.15) is 34.8 Å². The molecule has 1 aliphatic heterocycles. The second-order valence-corrected chi connectivity index (χ2v) is 6.20. The second kappa shape index (κ2) is 5.73. The van der Waals surface area contributed by atoms with Gasteiger partial charge in [0.2, 0.25) is 0 Å². The third kappa shape index (κ3) is 2.96. The Morgan fingerprint density at radius 1 is 1.48 bits per heavy atom. The molecule has 2 N–H and O–H groups in total. The number of carbonyl (C=O) groups is 1. The fraction of sp³-hybridized carbons (Fsp3) is 0.500. The van der Waals surface area contributed by atoms with Gasteiger partial charge in [0.25, 0.3) is 5.91 Å². The topological polar surface area (TPSA) is 81.2 Å². The molecule has 1 amide bonds. The van der Waals surface area contributed by atoms with Gasteiger partial charge >= 0.3 is 0 Å². The number of H-pyrrole nitrogens is 1. The summed E-state index contributed by atoms with van der Waals surface area (Å²) in [5.74, 6) is 1.12. The molecule has 0 aromatic carbocycles. The van der Waals surface area contributed by atoms with E-state index in [1.165, 1.54) is 0 Å². The minimum Gasteiger partial charge on any atom is -0.482 e. The van der Waals surface area contributed by atoms with Crippen LogP contribution >= 0.6 is 0 Å². The number of carbonyl (C=O) groups excluding carboxylic acids is 1. The lowest BCUT2D eigenvalue weighted by Crippen LogP contribution is -2.45. The van der Waals surface area contributed by atoms with E-state index in [-0.39, 0.29) is 18.1 Å². The predicted octanol–water partition coefficient (Wildman–Crippen LogP) is 1.20. The van der Waals surface area contributed by atoms with Crippen molar-refractivity contribution in [1.29, 1.82) is 0 Å². The lowest BCUT2D eigenvalue weighted by atomic mass is 10.1. The highest BCUT2D eigenvalue weighted by atomic mass is 16.5. The van der Waals surface area contributed by atoms with Crippen molar-refractivity contribution in [3.8, 4) is 5.75 Å². The maximum absolute atomic E-state index is 12.6. The average Bonchev–Trinajstić information content (AvgIpc) is 2.93. The van der Waals surface area contributed by atoms with Gasteiger partial charge in [-0.15, -0.1) is 0 Å². The van der Waals surface area contributed by atoms with E-state index < -0.39 is 0 Å². The molecule has 0 unspecified atom stereocenters. The summed E-state index contributed by atoms with van der Waals surface area (Å²) < 4.78 is 13.0. The molecule has 2 aromatic rings. The van der Waals surface area contributed by atoms with Crippen molar-refractivity contribution in [1.82, 2.24) is 20.1 Å². The Bertz CT molecular complexity index is 704. The molecule has 0 bridgehead atoms. The quantitative estimate of drug-likeness (QED) is 0.868. The zero-order valence-corrected chi connectivity index (χ0v) is 13.0. The SMILES string of the molecule is Cn1cc(O[C@@H]2COC[C@@H]2NC(=O)c2cc[nH]c2C2CC2)cn1. The summed E-state index contributed by atoms with van der Waals surface area (Å²) in [5.41, 5.74) is 1.78. The maximum Gasteiger partial charge on any atom is 0.253 e. The molecule has 0 radical (unpaired) electrons. The number of amides is 1. The van der Waals surface area contributed by atoms with E-state index in [1.54, 1.807) is 17.1 Å². The van der Waals surface area contributed by atoms with Crippen LogP contribution < -0.4 is 10.1 Å². The molecule has 2 atom stereocenters. The fourth-order valence-corrected chi connectivity index (χ4v) is 2.96. The van der Waals surface area contributed by atoms with Crippen LogP contribution in [-0.2, 0) is 11.8 Å². The zero-order chi connectivity index (χ0) is 15.8. The molecule has 7 heteroatoms. The van der Waals surface area contributed by atoms with Crippen LogP contribution in [0.4, 0.5) is 0 Å². The van der Waals surface area contributed by atoms with Gasteiger partial charge in [-0.1, -0.05) is 0 Å². The Kier molecular flexibility index (Phi) is 3.57. The van der Waals surface area contributed by atoms with Crippen molar-refractivity contribution in [2.24, 2.45) is 7.05 Å². The number of ether oxygens (including phenoxy) is 2. The van der Waals surface area contributed by atoms with E-state index >= 15 is 0 Å². The van der Waals surface area contributed by atoms with Gasteiger partial charge in [0.1, 0.15) is 6.10 Å². The summed E-state index contributed by atoms with van der Waals surface area (Å²) in [6, 6.07) is 1.68. The molecule has 2 aromatic heterocycles. The predicted molar refractivity (Wildman–Crippen MR) is 82.5 cm³/mol. The van der Waals surface area contributed by atoms with Gasteiger partial charge in [0, 0.05) is 18.9 Å². The molecule has 1 saturated carbocycles. The first-order valence-corrected chi connectivity index (χ1v) is 7.92. The Morgan fingerprint density at radius 3 is 3.09 bits per heavy atom. The second-order valence-electron chi connectivity index (χ2n) is 6.20. The van der Waals surface area contributed by atoms with Crippen molar-refractivity contribution in [3.05, 3.63) is 35.9 Å². The largest absolute Gasteiger partial charge is 0.482 e. The number of aryl methyl sites for hydroxylation is 1. The highest BCUT2D eigenvalue weighted by Crippen LogP contribution is 2.40. The van der Waals surface area contributed by atoms with Crippen molar-refractivity contribution in [3.63, 3.8) is 0 Å². The molecule has 2 aliphatic rings. The Balaban J connectivity index is 1.42. The van der Waals surface area contributed by atoms with E-state index in [0.717, 1.165) is 24.1 Å². The highest BCUT2D eigenvalue weighted by Gasteiger charge is 2.34. The number of hydrogen-bond acceptors (Lipinski definition) is 4. The van der Waals surface area contributed by atoms with Gasteiger partial charge in [-0.3, -0.25) is 9.48 Å². The van der Waals surface area contributed by atoms with Crippen molar-refractivity contribution < 1.29 is 14.3 Å². The summed E-state index contributed by atoms with van der Waals surface area (Å²) in [7, 11) is 1.84. The fourth-order valence-electron chi connectivity index (χ4n) is 2.96. The summed E-state index contributed by atoms with van der Waals surface area (Å²) in [6.07, 6.45) is 7.40. The number of rotatable bonds is 5. The molecule has 23 heavy (non-hydrogen) atoms. The van der Waals surface area contributed by atoms with Gasteiger partial charge in [-0.25, -0.2) is 0 Å². The first-order valence-electron chi connectivity index (χ1n) is 7.92. The van der Waals surface area contributed by atoms with Gasteiger partial charge in [0.05, 0.1) is 37.2 Å². The molecule has 3 heterocycles. The summed E-state index contributed by atoms with van der Waals surface area (Å²) in [5, 5.41) is 7.13.